The molecule has 0 aliphatic carbocycles. The van der Waals surface area contributed by atoms with Gasteiger partial charge in [0.2, 0.25) is 0 Å². The number of hydrazine groups is 1. The molecule has 0 bridgehead atoms. The number of nitrogens with one attached hydrogen (secondary N) is 1. The van der Waals surface area contributed by atoms with Crippen molar-refractivity contribution < 1.29 is 9.90 Å². The van der Waals surface area contributed by atoms with E-state index in [-0.39, 0.29) is 12.5 Å². The highest BCUT2D eigenvalue weighted by molar-refractivity contribution is 5.91. The van der Waals surface area contributed by atoms with Crippen LogP contribution < -0.4 is 5.43 Å². The Labute approximate surface area is 112 Å². The summed E-state index contributed by atoms with van der Waals surface area (Å²) in [6.45, 7) is 1.74. The smallest absolute Gasteiger partial charge is 0.284 e. The molecule has 0 saturated heterocycles. The first-order chi connectivity index (χ1) is 9.29. The van der Waals surface area contributed by atoms with Crippen molar-refractivity contribution in [3.8, 4) is 0 Å². The van der Waals surface area contributed by atoms with Gasteiger partial charge < -0.3 is 5.11 Å². The number of aliphatic hydroxyl groups is 1. The molecule has 0 spiro atoms. The lowest BCUT2D eigenvalue weighted by Gasteiger charge is -2.26. The highest BCUT2D eigenvalue weighted by Gasteiger charge is 2.15. The molecule has 2 heterocycles. The van der Waals surface area contributed by atoms with Crippen LogP contribution in [0.2, 0.25) is 0 Å². The fraction of sp³-hybridized carbons (Fsp3) is 0.429. The van der Waals surface area contributed by atoms with Gasteiger partial charge >= 0.3 is 0 Å². The predicted octanol–water partition coefficient (Wildman–Crippen LogP) is 1.13. The summed E-state index contributed by atoms with van der Waals surface area (Å²) >= 11 is 0. The van der Waals surface area contributed by atoms with Crippen molar-refractivity contribution in [3.05, 3.63) is 41.7 Å². The molecule has 0 atom stereocenters. The Hall–Kier alpha value is -1.72. The molecular formula is C14H19N3O2. The van der Waals surface area contributed by atoms with Crippen molar-refractivity contribution in [3.63, 3.8) is 0 Å². The van der Waals surface area contributed by atoms with E-state index in [1.54, 1.807) is 24.4 Å². The molecule has 0 fully saturated rings. The topological polar surface area (TPSA) is 65.5 Å². The van der Waals surface area contributed by atoms with E-state index in [2.05, 4.69) is 16.5 Å². The first-order valence-electron chi connectivity index (χ1n) is 6.55. The number of carbonyl (C=O) groups is 1. The Morgan fingerprint density at radius 3 is 3.00 bits per heavy atom. The van der Waals surface area contributed by atoms with Crippen LogP contribution in [0.25, 0.3) is 0 Å². The lowest BCUT2D eigenvalue weighted by Crippen LogP contribution is -2.44. The zero-order valence-electron chi connectivity index (χ0n) is 10.9. The van der Waals surface area contributed by atoms with Crippen LogP contribution in [-0.4, -0.2) is 40.7 Å². The van der Waals surface area contributed by atoms with E-state index in [4.69, 9.17) is 5.11 Å². The summed E-state index contributed by atoms with van der Waals surface area (Å²) in [4.78, 5) is 15.9. The normalized spacial score (nSPS) is 15.9. The third kappa shape index (κ3) is 4.15. The Morgan fingerprint density at radius 2 is 2.37 bits per heavy atom. The van der Waals surface area contributed by atoms with Gasteiger partial charge in [0.05, 0.1) is 0 Å². The maximum atomic E-state index is 11.9. The van der Waals surface area contributed by atoms with E-state index >= 15 is 0 Å². The molecular weight excluding hydrogens is 242 g/mol. The Bertz CT molecular complexity index is 445. The molecule has 5 nitrogen and oxygen atoms in total. The summed E-state index contributed by atoms with van der Waals surface area (Å²) in [7, 11) is 0. The zero-order chi connectivity index (χ0) is 13.5. The molecule has 1 amide bonds. The van der Waals surface area contributed by atoms with Crippen molar-refractivity contribution in [1.29, 1.82) is 0 Å². The number of aromatic nitrogens is 1. The van der Waals surface area contributed by atoms with Gasteiger partial charge in [0.1, 0.15) is 5.69 Å². The van der Waals surface area contributed by atoms with Crippen molar-refractivity contribution in [2.45, 2.75) is 19.3 Å². The predicted molar refractivity (Wildman–Crippen MR) is 72.3 cm³/mol. The second-order valence-corrected chi connectivity index (χ2v) is 4.54. The molecule has 0 radical (unpaired) electrons. The van der Waals surface area contributed by atoms with Gasteiger partial charge in [-0.05, 0) is 31.4 Å². The number of hydrogen-bond acceptors (Lipinski definition) is 4. The third-order valence-corrected chi connectivity index (χ3v) is 3.12. The van der Waals surface area contributed by atoms with Gasteiger partial charge in [-0.15, -0.1) is 0 Å². The summed E-state index contributed by atoms with van der Waals surface area (Å²) in [6, 6.07) is 5.28. The summed E-state index contributed by atoms with van der Waals surface area (Å²) in [6.07, 6.45) is 6.42. The lowest BCUT2D eigenvalue weighted by atomic mass is 10.0. The number of hydrogen-bond donors (Lipinski definition) is 2. The molecule has 2 N–H and O–H groups in total. The summed E-state index contributed by atoms with van der Waals surface area (Å²) in [5.41, 5.74) is 4.64. The molecule has 0 saturated carbocycles. The first kappa shape index (κ1) is 13.7. The minimum Gasteiger partial charge on any atom is -0.396 e. The second-order valence-electron chi connectivity index (χ2n) is 4.54. The number of pyridine rings is 1. The molecule has 1 aromatic rings. The fourth-order valence-corrected chi connectivity index (χ4v) is 2.04. The van der Waals surface area contributed by atoms with Gasteiger partial charge in [-0.1, -0.05) is 17.7 Å². The van der Waals surface area contributed by atoms with Gasteiger partial charge in [-0.2, -0.15) is 0 Å². The lowest BCUT2D eigenvalue weighted by molar-refractivity contribution is 0.0796. The van der Waals surface area contributed by atoms with Crippen molar-refractivity contribution in [2.24, 2.45) is 0 Å². The Balaban J connectivity index is 1.82. The van der Waals surface area contributed by atoms with Crippen molar-refractivity contribution >= 4 is 5.91 Å². The molecule has 0 unspecified atom stereocenters. The molecule has 102 valence electrons. The van der Waals surface area contributed by atoms with Crippen LogP contribution in [0.5, 0.6) is 0 Å². The minimum absolute atomic E-state index is 0.173. The van der Waals surface area contributed by atoms with Gasteiger partial charge in [-0.25, -0.2) is 5.01 Å². The van der Waals surface area contributed by atoms with Crippen LogP contribution in [0, 0.1) is 0 Å². The van der Waals surface area contributed by atoms with Crippen LogP contribution in [0.15, 0.2) is 36.0 Å². The summed E-state index contributed by atoms with van der Waals surface area (Å²) in [5.74, 6) is -0.173. The first-order valence-corrected chi connectivity index (χ1v) is 6.55. The average Bonchev–Trinajstić information content (AvgIpc) is 2.47. The summed E-state index contributed by atoms with van der Waals surface area (Å²) in [5, 5.41) is 10.7. The van der Waals surface area contributed by atoms with Gasteiger partial charge in [0.25, 0.3) is 5.91 Å². The van der Waals surface area contributed by atoms with Crippen LogP contribution in [0.4, 0.5) is 0 Å². The average molecular weight is 261 g/mol. The van der Waals surface area contributed by atoms with Gasteiger partial charge in [0, 0.05) is 25.9 Å². The standard InChI is InChI=1S/C14H19N3O2/c18-11-3-4-12-6-9-17(10-7-12)16-14(19)13-5-1-2-8-15-13/h1-2,5-6,8,18H,3-4,7,9-11H2,(H,16,19). The maximum absolute atomic E-state index is 11.9. The number of amides is 1. The van der Waals surface area contributed by atoms with Crippen molar-refractivity contribution in [2.75, 3.05) is 19.7 Å². The molecule has 5 heteroatoms. The number of aliphatic hydroxyl groups excluding tert-OH is 1. The zero-order valence-corrected chi connectivity index (χ0v) is 10.9. The van der Waals surface area contributed by atoms with Gasteiger partial charge in [-0.3, -0.25) is 15.2 Å². The molecule has 2 rings (SSSR count). The van der Waals surface area contributed by atoms with E-state index in [0.717, 1.165) is 25.8 Å². The van der Waals surface area contributed by atoms with E-state index in [1.807, 2.05) is 5.01 Å². The Kier molecular flexibility index (Phi) is 5.06. The van der Waals surface area contributed by atoms with Gasteiger partial charge in [0.15, 0.2) is 0 Å². The van der Waals surface area contributed by atoms with Crippen LogP contribution >= 0.6 is 0 Å². The SMILES string of the molecule is O=C(NN1CC=C(CCCO)CC1)c1ccccn1. The largest absolute Gasteiger partial charge is 0.396 e. The van der Waals surface area contributed by atoms with Crippen LogP contribution in [0.3, 0.4) is 0 Å². The monoisotopic (exact) mass is 261 g/mol. The molecule has 0 aromatic carbocycles. The van der Waals surface area contributed by atoms with Crippen LogP contribution in [-0.2, 0) is 0 Å². The van der Waals surface area contributed by atoms with Crippen molar-refractivity contribution in [1.82, 2.24) is 15.4 Å². The fourth-order valence-electron chi connectivity index (χ4n) is 2.04. The van der Waals surface area contributed by atoms with E-state index in [0.29, 0.717) is 12.2 Å². The van der Waals surface area contributed by atoms with Crippen LogP contribution in [0.1, 0.15) is 29.8 Å². The highest BCUT2D eigenvalue weighted by atomic mass is 16.2. The van der Waals surface area contributed by atoms with E-state index < -0.39 is 0 Å². The summed E-state index contributed by atoms with van der Waals surface area (Å²) < 4.78 is 0. The molecule has 1 aliphatic rings. The highest BCUT2D eigenvalue weighted by Crippen LogP contribution is 2.14. The minimum atomic E-state index is -0.173. The molecule has 1 aromatic heterocycles. The second kappa shape index (κ2) is 7.01. The number of nitrogens with zero attached hydrogens (tertiary/aromatic N) is 2. The maximum Gasteiger partial charge on any atom is 0.284 e. The number of carbonyl (C=O) groups excluding carboxylic acids is 1. The molecule has 1 aliphatic heterocycles. The number of rotatable bonds is 5. The van der Waals surface area contributed by atoms with E-state index in [1.165, 1.54) is 5.57 Å². The quantitative estimate of drug-likeness (QED) is 0.780. The molecule has 19 heavy (non-hydrogen) atoms. The van der Waals surface area contributed by atoms with E-state index in [9.17, 15) is 4.79 Å². The Morgan fingerprint density at radius 1 is 1.47 bits per heavy atom. The third-order valence-electron chi connectivity index (χ3n) is 3.12.